The van der Waals surface area contributed by atoms with Crippen LogP contribution in [0.2, 0.25) is 0 Å². The number of carbonyl (C=O) groups excluding carboxylic acids is 6. The van der Waals surface area contributed by atoms with Gasteiger partial charge >= 0.3 is 5.97 Å². The number of rotatable bonds is 11. The number of likely N-dealkylation sites (tertiary alicyclic amines) is 1. The fourth-order valence-electron chi connectivity index (χ4n) is 4.44. The van der Waals surface area contributed by atoms with Crippen LogP contribution in [-0.4, -0.2) is 65.1 Å². The molecule has 1 aliphatic rings. The number of hydrogen-bond acceptors (Lipinski definition) is 8. The molecule has 0 aliphatic carbocycles. The molecular weight excluding hydrogens is 554 g/mol. The average molecular weight is 602 g/mol. The molecule has 5 N–H and O–H groups in total. The molecule has 1 aromatic carbocycles. The molecule has 0 spiro atoms. The maximum absolute atomic E-state index is 13.2. The van der Waals surface area contributed by atoms with E-state index in [-0.39, 0.29) is 31.5 Å². The summed E-state index contributed by atoms with van der Waals surface area (Å²) in [4.78, 5) is 77.8. The van der Waals surface area contributed by atoms with Crippen molar-refractivity contribution in [3.05, 3.63) is 29.8 Å². The van der Waals surface area contributed by atoms with Gasteiger partial charge in [-0.2, -0.15) is 0 Å². The van der Waals surface area contributed by atoms with Gasteiger partial charge in [-0.1, -0.05) is 46.8 Å². The Morgan fingerprint density at radius 3 is 1.98 bits per heavy atom. The van der Waals surface area contributed by atoms with Crippen LogP contribution in [0.3, 0.4) is 0 Å². The first kappa shape index (κ1) is 35.4. The summed E-state index contributed by atoms with van der Waals surface area (Å²) in [5.41, 5.74) is 5.96. The van der Waals surface area contributed by atoms with Crippen molar-refractivity contribution in [1.29, 1.82) is 0 Å². The Morgan fingerprint density at radius 1 is 0.930 bits per heavy atom. The number of esters is 1. The number of nitrogens with one attached hydrogen (secondary N) is 3. The fourth-order valence-corrected chi connectivity index (χ4v) is 4.44. The number of hydrogen-bond donors (Lipinski definition) is 4. The SMILES string of the molecule is CC(C)[C@H](NC(=O)[C@@H](CN)N1C(=O)CC(C(C)(C)C)C1=O)C(=O)N[C@@H](C)C(=O)Nc1ccc(COC(=O)C(C)(C)C)cc1. The number of carbonyl (C=O) groups is 6. The van der Waals surface area contributed by atoms with Gasteiger partial charge in [0.15, 0.2) is 0 Å². The number of nitrogens with zero attached hydrogens (tertiary/aromatic N) is 1. The van der Waals surface area contributed by atoms with Crippen LogP contribution in [0, 0.1) is 22.7 Å². The third-order valence-corrected chi connectivity index (χ3v) is 7.27. The van der Waals surface area contributed by atoms with Crippen LogP contribution >= 0.6 is 0 Å². The van der Waals surface area contributed by atoms with Crippen molar-refractivity contribution < 1.29 is 33.5 Å². The first-order valence-corrected chi connectivity index (χ1v) is 14.5. The summed E-state index contributed by atoms with van der Waals surface area (Å²) >= 11 is 0. The Bertz CT molecular complexity index is 1210. The van der Waals surface area contributed by atoms with E-state index >= 15 is 0 Å². The predicted molar refractivity (Wildman–Crippen MR) is 161 cm³/mol. The molecule has 1 heterocycles. The quantitative estimate of drug-likeness (QED) is 0.220. The number of imide groups is 1. The van der Waals surface area contributed by atoms with Crippen molar-refractivity contribution in [3.8, 4) is 0 Å². The normalized spacial score (nSPS) is 17.7. The van der Waals surface area contributed by atoms with Crippen molar-refractivity contribution in [1.82, 2.24) is 15.5 Å². The summed E-state index contributed by atoms with van der Waals surface area (Å²) in [6.45, 7) is 15.6. The lowest BCUT2D eigenvalue weighted by Gasteiger charge is -2.30. The Morgan fingerprint density at radius 2 is 1.51 bits per heavy atom. The molecule has 1 aromatic rings. The van der Waals surface area contributed by atoms with Crippen molar-refractivity contribution in [2.24, 2.45) is 28.4 Å². The van der Waals surface area contributed by atoms with Crippen molar-refractivity contribution in [2.45, 2.75) is 93.5 Å². The van der Waals surface area contributed by atoms with Crippen molar-refractivity contribution >= 4 is 41.2 Å². The molecule has 5 amide bonds. The lowest BCUT2D eigenvalue weighted by molar-refractivity contribution is -0.154. The second-order valence-electron chi connectivity index (χ2n) is 13.4. The smallest absolute Gasteiger partial charge is 0.311 e. The average Bonchev–Trinajstić information content (AvgIpc) is 3.20. The lowest BCUT2D eigenvalue weighted by atomic mass is 9.80. The second kappa shape index (κ2) is 14.1. The van der Waals surface area contributed by atoms with Gasteiger partial charge < -0.3 is 26.4 Å². The lowest BCUT2D eigenvalue weighted by Crippen LogP contribution is -2.59. The molecular formula is C31H47N5O7. The predicted octanol–water partition coefficient (Wildman–Crippen LogP) is 2.11. The molecule has 0 radical (unpaired) electrons. The summed E-state index contributed by atoms with van der Waals surface area (Å²) in [6.07, 6.45) is -0.0137. The molecule has 1 saturated heterocycles. The molecule has 238 valence electrons. The third kappa shape index (κ3) is 9.34. The van der Waals surface area contributed by atoms with Gasteiger partial charge in [0.2, 0.25) is 29.5 Å². The molecule has 43 heavy (non-hydrogen) atoms. The van der Waals surface area contributed by atoms with Crippen LogP contribution in [0.4, 0.5) is 5.69 Å². The maximum atomic E-state index is 13.2. The highest BCUT2D eigenvalue weighted by Gasteiger charge is 2.48. The van der Waals surface area contributed by atoms with Crippen LogP contribution in [0.1, 0.15) is 74.3 Å². The van der Waals surface area contributed by atoms with Crippen LogP contribution < -0.4 is 21.7 Å². The first-order chi connectivity index (χ1) is 19.8. The van der Waals surface area contributed by atoms with E-state index in [0.29, 0.717) is 5.69 Å². The molecule has 0 aromatic heterocycles. The third-order valence-electron chi connectivity index (χ3n) is 7.27. The highest BCUT2D eigenvalue weighted by molar-refractivity contribution is 6.07. The van der Waals surface area contributed by atoms with E-state index in [9.17, 15) is 28.8 Å². The van der Waals surface area contributed by atoms with Gasteiger partial charge in [-0.3, -0.25) is 33.7 Å². The number of ether oxygens (including phenoxy) is 1. The Kier molecular flexibility index (Phi) is 11.6. The Hall–Kier alpha value is -3.80. The van der Waals surface area contributed by atoms with Gasteiger partial charge in [-0.15, -0.1) is 0 Å². The largest absolute Gasteiger partial charge is 0.460 e. The van der Waals surface area contributed by atoms with E-state index in [1.54, 1.807) is 58.9 Å². The monoisotopic (exact) mass is 601 g/mol. The number of benzene rings is 1. The zero-order valence-electron chi connectivity index (χ0n) is 26.7. The van der Waals surface area contributed by atoms with Crippen LogP contribution in [0.15, 0.2) is 24.3 Å². The van der Waals surface area contributed by atoms with Gasteiger partial charge in [0.05, 0.1) is 11.3 Å². The Balaban J connectivity index is 2.01. The fraction of sp³-hybridized carbons (Fsp3) is 0.613. The highest BCUT2D eigenvalue weighted by Crippen LogP contribution is 2.36. The maximum Gasteiger partial charge on any atom is 0.311 e. The highest BCUT2D eigenvalue weighted by atomic mass is 16.5. The van der Waals surface area contributed by atoms with E-state index in [2.05, 4.69) is 16.0 Å². The van der Waals surface area contributed by atoms with Gasteiger partial charge in [0.25, 0.3) is 0 Å². The van der Waals surface area contributed by atoms with E-state index < -0.39 is 64.4 Å². The van der Waals surface area contributed by atoms with E-state index in [4.69, 9.17) is 10.5 Å². The summed E-state index contributed by atoms with van der Waals surface area (Å²) < 4.78 is 5.30. The molecule has 2 rings (SSSR count). The van der Waals surface area contributed by atoms with Gasteiger partial charge in [0, 0.05) is 18.7 Å². The standard InChI is InChI=1S/C31H47N5O7/c1-17(2)24(35-26(39)22(15-32)36-23(37)14-21(28(36)41)30(4,5)6)27(40)33-18(3)25(38)34-20-12-10-19(11-13-20)16-43-29(42)31(7,8)9/h10-13,17-18,21-22,24H,14-16,32H2,1-9H3,(H,33,40)(H,34,38)(H,35,39)/t18-,21?,22+,24-/m0/s1. The minimum Gasteiger partial charge on any atom is -0.460 e. The number of anilines is 1. The molecule has 12 heteroatoms. The van der Waals surface area contributed by atoms with E-state index in [1.165, 1.54) is 6.92 Å². The molecule has 12 nitrogen and oxygen atoms in total. The van der Waals surface area contributed by atoms with Crippen LogP contribution in [0.25, 0.3) is 0 Å². The molecule has 1 fully saturated rings. The van der Waals surface area contributed by atoms with E-state index in [1.807, 2.05) is 20.8 Å². The zero-order valence-corrected chi connectivity index (χ0v) is 26.7. The van der Waals surface area contributed by atoms with Gasteiger partial charge in [-0.25, -0.2) is 0 Å². The van der Waals surface area contributed by atoms with Gasteiger partial charge in [0.1, 0.15) is 24.7 Å². The van der Waals surface area contributed by atoms with Crippen molar-refractivity contribution in [3.63, 3.8) is 0 Å². The second-order valence-corrected chi connectivity index (χ2v) is 13.4. The van der Waals surface area contributed by atoms with Gasteiger partial charge in [-0.05, 0) is 56.7 Å². The first-order valence-electron chi connectivity index (χ1n) is 14.5. The van der Waals surface area contributed by atoms with E-state index in [0.717, 1.165) is 10.5 Å². The molecule has 0 bridgehead atoms. The molecule has 1 aliphatic heterocycles. The summed E-state index contributed by atoms with van der Waals surface area (Å²) in [5.74, 6) is -4.05. The molecule has 0 saturated carbocycles. The topological polar surface area (TPSA) is 177 Å². The summed E-state index contributed by atoms with van der Waals surface area (Å²) in [5, 5.41) is 7.95. The molecule has 1 unspecified atom stereocenters. The summed E-state index contributed by atoms with van der Waals surface area (Å²) in [7, 11) is 0. The summed E-state index contributed by atoms with van der Waals surface area (Å²) in [6, 6.07) is 3.46. The number of nitrogens with two attached hydrogens (primary N) is 1. The van der Waals surface area contributed by atoms with Crippen LogP contribution in [-0.2, 0) is 40.1 Å². The minimum absolute atomic E-state index is 0.0137. The zero-order chi connectivity index (χ0) is 32.9. The van der Waals surface area contributed by atoms with Crippen LogP contribution in [0.5, 0.6) is 0 Å². The molecule has 4 atom stereocenters. The minimum atomic E-state index is -1.26. The van der Waals surface area contributed by atoms with Crippen molar-refractivity contribution in [2.75, 3.05) is 11.9 Å². The number of amides is 5. The Labute approximate surface area is 253 Å².